The maximum Gasteiger partial charge on any atom is 0.226 e. The molecular weight excluding hydrogens is 440 g/mol. The van der Waals surface area contributed by atoms with E-state index in [0.29, 0.717) is 12.5 Å². The lowest BCUT2D eigenvalue weighted by Crippen LogP contribution is -2.58. The lowest BCUT2D eigenvalue weighted by atomic mass is 9.49. The molecule has 0 spiro atoms. The van der Waals surface area contributed by atoms with Gasteiger partial charge in [0.2, 0.25) is 5.91 Å². The third kappa shape index (κ3) is 3.81. The highest BCUT2D eigenvalue weighted by atomic mass is 79.9. The van der Waals surface area contributed by atoms with Crippen LogP contribution in [0.15, 0.2) is 24.3 Å². The lowest BCUT2D eigenvalue weighted by Gasteiger charge is -2.59. The third-order valence-corrected chi connectivity index (χ3v) is 9.18. The molecule has 3 atom stereocenters. The zero-order valence-corrected chi connectivity index (χ0v) is 19.8. The number of nitrogens with zero attached hydrogens (tertiary/aromatic N) is 1. The predicted octanol–water partition coefficient (Wildman–Crippen LogP) is 5.07. The summed E-state index contributed by atoms with van der Waals surface area (Å²) in [5.41, 5.74) is 1.05. The van der Waals surface area contributed by atoms with Gasteiger partial charge in [-0.15, -0.1) is 0 Å². The molecule has 30 heavy (non-hydrogen) atoms. The number of methoxy groups -OCH3 is 1. The van der Waals surface area contributed by atoms with Crippen molar-refractivity contribution in [1.82, 2.24) is 10.2 Å². The Hall–Kier alpha value is -1.07. The number of ether oxygens (including phenoxy) is 1. The van der Waals surface area contributed by atoms with E-state index in [2.05, 4.69) is 38.3 Å². The summed E-state index contributed by atoms with van der Waals surface area (Å²) < 4.78 is 5.90. The molecule has 1 N–H and O–H groups in total. The number of hydrogen-bond acceptors (Lipinski definition) is 3. The topological polar surface area (TPSA) is 41.6 Å². The van der Waals surface area contributed by atoms with Gasteiger partial charge in [0.25, 0.3) is 0 Å². The molecule has 0 radical (unpaired) electrons. The lowest BCUT2D eigenvalue weighted by molar-refractivity contribution is -0.144. The quantitative estimate of drug-likeness (QED) is 0.584. The average molecular weight is 475 g/mol. The van der Waals surface area contributed by atoms with Crippen LogP contribution in [0.3, 0.4) is 0 Å². The largest absolute Gasteiger partial charge is 0.496 e. The number of carbonyl (C=O) groups is 1. The number of likely N-dealkylation sites (tertiary alicyclic amines) is 1. The molecule has 1 aliphatic heterocycles. The molecule has 1 amide bonds. The van der Waals surface area contributed by atoms with Crippen molar-refractivity contribution in [3.8, 4) is 5.75 Å². The molecule has 5 heteroatoms. The van der Waals surface area contributed by atoms with E-state index >= 15 is 0 Å². The van der Waals surface area contributed by atoms with Crippen LogP contribution in [0.4, 0.5) is 0 Å². The Labute approximate surface area is 189 Å². The molecule has 5 aliphatic rings. The van der Waals surface area contributed by atoms with Gasteiger partial charge in [-0.1, -0.05) is 40.5 Å². The Kier molecular flexibility index (Phi) is 5.64. The molecule has 1 saturated heterocycles. The first-order chi connectivity index (χ1) is 14.5. The fourth-order valence-electron chi connectivity index (χ4n) is 7.40. The monoisotopic (exact) mass is 474 g/mol. The van der Waals surface area contributed by atoms with Gasteiger partial charge in [0.1, 0.15) is 5.75 Å². The molecule has 4 saturated carbocycles. The number of halogens is 1. The fourth-order valence-corrected chi connectivity index (χ4v) is 8.85. The number of para-hydroxylation sites is 1. The molecule has 4 bridgehead atoms. The van der Waals surface area contributed by atoms with E-state index < -0.39 is 0 Å². The number of piperidine rings is 1. The molecule has 164 valence electrons. The first kappa shape index (κ1) is 20.8. The second-order valence-electron chi connectivity index (χ2n) is 10.5. The van der Waals surface area contributed by atoms with Crippen molar-refractivity contribution in [2.45, 2.75) is 68.2 Å². The van der Waals surface area contributed by atoms with Crippen LogP contribution < -0.4 is 10.1 Å². The second-order valence-corrected chi connectivity index (χ2v) is 12.1. The molecule has 6 rings (SSSR count). The first-order valence-corrected chi connectivity index (χ1v) is 12.6. The minimum absolute atomic E-state index is 0.152. The number of rotatable bonds is 6. The van der Waals surface area contributed by atoms with Crippen molar-refractivity contribution in [3.05, 3.63) is 29.8 Å². The minimum Gasteiger partial charge on any atom is -0.496 e. The zero-order valence-electron chi connectivity index (χ0n) is 18.2. The van der Waals surface area contributed by atoms with Crippen LogP contribution in [0, 0.1) is 17.3 Å². The number of benzene rings is 1. The Morgan fingerprint density at radius 3 is 2.53 bits per heavy atom. The van der Waals surface area contributed by atoms with Gasteiger partial charge < -0.3 is 10.1 Å². The molecule has 1 aromatic carbocycles. The minimum atomic E-state index is -0.152. The number of carbonyl (C=O) groups excluding carboxylic acids is 1. The average Bonchev–Trinajstić information content (AvgIpc) is 2.73. The van der Waals surface area contributed by atoms with Gasteiger partial charge >= 0.3 is 0 Å². The van der Waals surface area contributed by atoms with E-state index in [4.69, 9.17) is 4.74 Å². The van der Waals surface area contributed by atoms with Gasteiger partial charge in [0.15, 0.2) is 0 Å². The van der Waals surface area contributed by atoms with Crippen LogP contribution in [-0.4, -0.2) is 41.9 Å². The Bertz CT molecular complexity index is 777. The van der Waals surface area contributed by atoms with E-state index in [9.17, 15) is 4.79 Å². The summed E-state index contributed by atoms with van der Waals surface area (Å²) in [5, 5.41) is 3.45. The van der Waals surface area contributed by atoms with Crippen LogP contribution in [-0.2, 0) is 4.79 Å². The van der Waals surface area contributed by atoms with Crippen molar-refractivity contribution in [3.63, 3.8) is 0 Å². The standard InChI is InChI=1S/C25H35BrN2O2/c1-30-22-8-4-3-7-20(22)21(28-9-5-2-6-10-28)16-27-23(29)24-12-18-11-19(13-24)15-25(26,14-18)17-24/h3-4,7-8,18-19,21H,2,5-6,9-17H2,1H3,(H,27,29). The normalized spacial score (nSPS) is 36.5. The number of hydrogen-bond donors (Lipinski definition) is 1. The number of alkyl halides is 1. The van der Waals surface area contributed by atoms with E-state index in [1.807, 2.05) is 12.1 Å². The fraction of sp³-hybridized carbons (Fsp3) is 0.720. The van der Waals surface area contributed by atoms with Gasteiger partial charge in [0.05, 0.1) is 18.6 Å². The summed E-state index contributed by atoms with van der Waals surface area (Å²) in [7, 11) is 1.75. The molecule has 1 aromatic rings. The summed E-state index contributed by atoms with van der Waals surface area (Å²) in [6, 6.07) is 8.50. The van der Waals surface area contributed by atoms with Crippen molar-refractivity contribution in [2.24, 2.45) is 17.3 Å². The van der Waals surface area contributed by atoms with Crippen LogP contribution in [0.2, 0.25) is 0 Å². The molecule has 4 aliphatic carbocycles. The molecule has 3 unspecified atom stereocenters. The van der Waals surface area contributed by atoms with Crippen molar-refractivity contribution < 1.29 is 9.53 Å². The van der Waals surface area contributed by atoms with E-state index in [0.717, 1.165) is 49.9 Å². The van der Waals surface area contributed by atoms with Gasteiger partial charge in [-0.2, -0.15) is 0 Å². The molecule has 1 heterocycles. The van der Waals surface area contributed by atoms with Crippen molar-refractivity contribution >= 4 is 21.8 Å². The van der Waals surface area contributed by atoms with Crippen LogP contribution in [0.5, 0.6) is 5.75 Å². The molecule has 4 nitrogen and oxygen atoms in total. The van der Waals surface area contributed by atoms with Crippen molar-refractivity contribution in [1.29, 1.82) is 0 Å². The first-order valence-electron chi connectivity index (χ1n) is 11.8. The highest BCUT2D eigenvalue weighted by molar-refractivity contribution is 9.10. The van der Waals surface area contributed by atoms with Crippen molar-refractivity contribution in [2.75, 3.05) is 26.7 Å². The zero-order chi connectivity index (χ0) is 20.8. The Balaban J connectivity index is 1.35. The summed E-state index contributed by atoms with van der Waals surface area (Å²) in [4.78, 5) is 16.2. The molecule has 0 aromatic heterocycles. The molecule has 5 fully saturated rings. The SMILES string of the molecule is COc1ccccc1C(CNC(=O)C12CC3CC(CC(Br)(C3)C1)C2)N1CCCCC1. The van der Waals surface area contributed by atoms with E-state index in [1.54, 1.807) is 7.11 Å². The maximum absolute atomic E-state index is 13.6. The number of amides is 1. The van der Waals surface area contributed by atoms with Crippen LogP contribution >= 0.6 is 15.9 Å². The van der Waals surface area contributed by atoms with Gasteiger partial charge in [-0.3, -0.25) is 9.69 Å². The molecular formula is C25H35BrN2O2. The summed E-state index contributed by atoms with van der Waals surface area (Å²) in [6.07, 6.45) is 10.8. The highest BCUT2D eigenvalue weighted by Crippen LogP contribution is 2.64. The summed E-state index contributed by atoms with van der Waals surface area (Å²) in [5.74, 6) is 2.68. The third-order valence-electron chi connectivity index (χ3n) is 8.26. The van der Waals surface area contributed by atoms with E-state index in [-0.39, 0.29) is 15.8 Å². The highest BCUT2D eigenvalue weighted by Gasteiger charge is 2.59. The summed E-state index contributed by atoms with van der Waals surface area (Å²) in [6.45, 7) is 2.86. The van der Waals surface area contributed by atoms with Crippen LogP contribution in [0.1, 0.15) is 69.4 Å². The number of nitrogens with one attached hydrogen (secondary N) is 1. The smallest absolute Gasteiger partial charge is 0.226 e. The predicted molar refractivity (Wildman–Crippen MR) is 123 cm³/mol. The van der Waals surface area contributed by atoms with Gasteiger partial charge in [-0.05, 0) is 82.4 Å². The second kappa shape index (κ2) is 8.12. The van der Waals surface area contributed by atoms with Crippen LogP contribution in [0.25, 0.3) is 0 Å². The van der Waals surface area contributed by atoms with Gasteiger partial charge in [-0.25, -0.2) is 0 Å². The Morgan fingerprint density at radius 1 is 1.17 bits per heavy atom. The Morgan fingerprint density at radius 2 is 1.87 bits per heavy atom. The van der Waals surface area contributed by atoms with Gasteiger partial charge in [0, 0.05) is 16.4 Å². The maximum atomic E-state index is 13.6. The van der Waals surface area contributed by atoms with E-state index in [1.165, 1.54) is 44.1 Å². The summed E-state index contributed by atoms with van der Waals surface area (Å²) >= 11 is 4.05.